The highest BCUT2D eigenvalue weighted by Gasteiger charge is 2.18. The number of rotatable bonds is 4. The molecule has 0 aromatic carbocycles. The van der Waals surface area contributed by atoms with E-state index < -0.39 is 0 Å². The van der Waals surface area contributed by atoms with Crippen molar-refractivity contribution >= 4 is 5.82 Å². The Morgan fingerprint density at radius 1 is 1.50 bits per heavy atom. The molecule has 1 unspecified atom stereocenters. The van der Waals surface area contributed by atoms with Gasteiger partial charge in [-0.05, 0) is 38.1 Å². The molecule has 1 atom stereocenters. The molecule has 2 heterocycles. The Morgan fingerprint density at radius 2 is 2.33 bits per heavy atom. The first kappa shape index (κ1) is 13.3. The van der Waals surface area contributed by atoms with E-state index in [2.05, 4.69) is 48.1 Å². The molecule has 4 nitrogen and oxygen atoms in total. The molecule has 4 heteroatoms. The Morgan fingerprint density at radius 3 is 3.06 bits per heavy atom. The van der Waals surface area contributed by atoms with Gasteiger partial charge in [0.2, 0.25) is 0 Å². The number of hydrogen-bond donors (Lipinski definition) is 1. The fourth-order valence-electron chi connectivity index (χ4n) is 2.28. The van der Waals surface area contributed by atoms with Crippen LogP contribution in [-0.4, -0.2) is 37.3 Å². The van der Waals surface area contributed by atoms with Gasteiger partial charge in [-0.15, -0.1) is 0 Å². The van der Waals surface area contributed by atoms with E-state index in [1.807, 2.05) is 0 Å². The lowest BCUT2D eigenvalue weighted by Crippen LogP contribution is -2.41. The van der Waals surface area contributed by atoms with Crippen LogP contribution in [0.1, 0.15) is 25.1 Å². The van der Waals surface area contributed by atoms with Crippen molar-refractivity contribution in [2.45, 2.75) is 33.4 Å². The highest BCUT2D eigenvalue weighted by molar-refractivity contribution is 5.43. The maximum Gasteiger partial charge on any atom is 0.129 e. The number of nitrogens with one attached hydrogen (secondary N) is 1. The summed E-state index contributed by atoms with van der Waals surface area (Å²) in [6.45, 7) is 10.8. The third kappa shape index (κ3) is 3.43. The second-order valence-electron chi connectivity index (χ2n) is 4.88. The van der Waals surface area contributed by atoms with Gasteiger partial charge in [-0.2, -0.15) is 0 Å². The van der Waals surface area contributed by atoms with Crippen molar-refractivity contribution in [3.05, 3.63) is 23.4 Å². The minimum atomic E-state index is 0.290. The van der Waals surface area contributed by atoms with E-state index in [-0.39, 0.29) is 0 Å². The fourth-order valence-corrected chi connectivity index (χ4v) is 2.28. The van der Waals surface area contributed by atoms with Gasteiger partial charge in [0.15, 0.2) is 0 Å². The maximum absolute atomic E-state index is 5.57. The third-order valence-electron chi connectivity index (χ3n) is 3.14. The largest absolute Gasteiger partial charge is 0.375 e. The molecule has 2 rings (SSSR count). The van der Waals surface area contributed by atoms with Crippen molar-refractivity contribution in [1.82, 2.24) is 10.3 Å². The topological polar surface area (TPSA) is 37.4 Å². The third-order valence-corrected chi connectivity index (χ3v) is 3.14. The van der Waals surface area contributed by atoms with Crippen LogP contribution < -0.4 is 10.2 Å². The van der Waals surface area contributed by atoms with Gasteiger partial charge in [0, 0.05) is 25.3 Å². The average Bonchev–Trinajstić information content (AvgIpc) is 2.36. The van der Waals surface area contributed by atoms with Crippen molar-refractivity contribution in [2.24, 2.45) is 0 Å². The molecule has 0 amide bonds. The molecular weight excluding hydrogens is 226 g/mol. The summed E-state index contributed by atoms with van der Waals surface area (Å²) in [5, 5.41) is 3.36. The van der Waals surface area contributed by atoms with Crippen LogP contribution in [0.5, 0.6) is 0 Å². The lowest BCUT2D eigenvalue weighted by Gasteiger charge is -2.32. The van der Waals surface area contributed by atoms with Crippen molar-refractivity contribution in [3.63, 3.8) is 0 Å². The molecule has 1 N–H and O–H groups in total. The number of anilines is 1. The first-order chi connectivity index (χ1) is 8.69. The first-order valence-electron chi connectivity index (χ1n) is 6.74. The summed E-state index contributed by atoms with van der Waals surface area (Å²) in [5.74, 6) is 1.08. The Kier molecular flexibility index (Phi) is 4.55. The van der Waals surface area contributed by atoms with Gasteiger partial charge < -0.3 is 15.0 Å². The molecule has 1 aromatic rings. The summed E-state index contributed by atoms with van der Waals surface area (Å²) in [7, 11) is 0. The Labute approximate surface area is 109 Å². The van der Waals surface area contributed by atoms with E-state index >= 15 is 0 Å². The van der Waals surface area contributed by atoms with E-state index in [1.54, 1.807) is 0 Å². The number of aromatic nitrogens is 1. The summed E-state index contributed by atoms with van der Waals surface area (Å²) in [6.07, 6.45) is 0.290. The molecule has 18 heavy (non-hydrogen) atoms. The molecule has 0 spiro atoms. The highest BCUT2D eigenvalue weighted by Crippen LogP contribution is 2.18. The van der Waals surface area contributed by atoms with Crippen molar-refractivity contribution in [2.75, 3.05) is 31.1 Å². The standard InChI is InChI=1S/C14H23N3O/c1-4-15-9-13-7-11(2)16-14(8-13)17-5-6-18-12(3)10-17/h7-8,12,15H,4-6,9-10H2,1-3H3. The van der Waals surface area contributed by atoms with Gasteiger partial charge in [0.05, 0.1) is 12.7 Å². The number of pyridine rings is 1. The molecule has 1 fully saturated rings. The number of aryl methyl sites for hydroxylation is 1. The van der Waals surface area contributed by atoms with Crippen LogP contribution in [0, 0.1) is 6.92 Å². The van der Waals surface area contributed by atoms with Crippen molar-refractivity contribution in [1.29, 1.82) is 0 Å². The lowest BCUT2D eigenvalue weighted by atomic mass is 10.2. The number of nitrogens with zero attached hydrogens (tertiary/aromatic N) is 2. The van der Waals surface area contributed by atoms with Gasteiger partial charge in [0.25, 0.3) is 0 Å². The Balaban J connectivity index is 2.13. The number of ether oxygens (including phenoxy) is 1. The Hall–Kier alpha value is -1.13. The van der Waals surface area contributed by atoms with Crippen LogP contribution in [0.25, 0.3) is 0 Å². The van der Waals surface area contributed by atoms with E-state index in [4.69, 9.17) is 4.74 Å². The van der Waals surface area contributed by atoms with Crippen LogP contribution in [-0.2, 0) is 11.3 Å². The van der Waals surface area contributed by atoms with Crippen molar-refractivity contribution in [3.8, 4) is 0 Å². The summed E-state index contributed by atoms with van der Waals surface area (Å²) < 4.78 is 5.57. The molecule has 0 radical (unpaired) electrons. The minimum absolute atomic E-state index is 0.290. The zero-order valence-electron chi connectivity index (χ0n) is 11.6. The molecule has 1 aromatic heterocycles. The van der Waals surface area contributed by atoms with E-state index in [0.29, 0.717) is 6.10 Å². The second kappa shape index (κ2) is 6.16. The summed E-state index contributed by atoms with van der Waals surface area (Å²) in [5.41, 5.74) is 2.39. The predicted molar refractivity (Wildman–Crippen MR) is 74.0 cm³/mol. The summed E-state index contributed by atoms with van der Waals surface area (Å²) in [4.78, 5) is 6.96. The molecule has 1 aliphatic heterocycles. The number of hydrogen-bond acceptors (Lipinski definition) is 4. The van der Waals surface area contributed by atoms with Gasteiger partial charge in [0.1, 0.15) is 5.82 Å². The van der Waals surface area contributed by atoms with Gasteiger partial charge in [-0.1, -0.05) is 6.92 Å². The molecule has 0 aliphatic carbocycles. The fraction of sp³-hybridized carbons (Fsp3) is 0.643. The van der Waals surface area contributed by atoms with E-state index in [0.717, 1.165) is 44.3 Å². The van der Waals surface area contributed by atoms with Crippen LogP contribution in [0.4, 0.5) is 5.82 Å². The molecule has 1 saturated heterocycles. The molecule has 100 valence electrons. The molecule has 0 bridgehead atoms. The van der Waals surface area contributed by atoms with Crippen LogP contribution >= 0.6 is 0 Å². The second-order valence-corrected chi connectivity index (χ2v) is 4.88. The van der Waals surface area contributed by atoms with Gasteiger partial charge in [-0.25, -0.2) is 4.98 Å². The molecular formula is C14H23N3O. The number of morpholine rings is 1. The minimum Gasteiger partial charge on any atom is -0.375 e. The normalized spacial score (nSPS) is 20.2. The molecule has 0 saturated carbocycles. The SMILES string of the molecule is CCNCc1cc(C)nc(N2CCOC(C)C2)c1. The van der Waals surface area contributed by atoms with Gasteiger partial charge in [-0.3, -0.25) is 0 Å². The monoisotopic (exact) mass is 249 g/mol. The van der Waals surface area contributed by atoms with Crippen LogP contribution in [0.3, 0.4) is 0 Å². The predicted octanol–water partition coefficient (Wildman–Crippen LogP) is 1.72. The average molecular weight is 249 g/mol. The zero-order valence-corrected chi connectivity index (χ0v) is 11.6. The molecule has 1 aliphatic rings. The van der Waals surface area contributed by atoms with Crippen LogP contribution in [0.15, 0.2) is 12.1 Å². The maximum atomic E-state index is 5.57. The van der Waals surface area contributed by atoms with Crippen LogP contribution in [0.2, 0.25) is 0 Å². The first-order valence-corrected chi connectivity index (χ1v) is 6.74. The quantitative estimate of drug-likeness (QED) is 0.882. The summed E-state index contributed by atoms with van der Waals surface area (Å²) in [6, 6.07) is 4.34. The highest BCUT2D eigenvalue weighted by atomic mass is 16.5. The Bertz CT molecular complexity index is 395. The summed E-state index contributed by atoms with van der Waals surface area (Å²) >= 11 is 0. The van der Waals surface area contributed by atoms with E-state index in [9.17, 15) is 0 Å². The van der Waals surface area contributed by atoms with Gasteiger partial charge >= 0.3 is 0 Å². The zero-order chi connectivity index (χ0) is 13.0. The lowest BCUT2D eigenvalue weighted by molar-refractivity contribution is 0.0529. The van der Waals surface area contributed by atoms with Crippen molar-refractivity contribution < 1.29 is 4.74 Å². The smallest absolute Gasteiger partial charge is 0.129 e. The van der Waals surface area contributed by atoms with E-state index in [1.165, 1.54) is 5.56 Å².